The summed E-state index contributed by atoms with van der Waals surface area (Å²) in [5.74, 6) is 1.67. The standard InChI is InChI=1S/C21H23N5O2S/c1-25(20-3-2-10-23-24-20)18-8-11-26(12-9-18)21(27)16-4-6-19(7-5-16)28-13-17-14-29-15-22-17/h2-7,10,14-15,18H,8-9,11-13H2,1H3. The molecule has 3 heterocycles. The molecule has 0 bridgehead atoms. The lowest BCUT2D eigenvalue weighted by atomic mass is 10.0. The van der Waals surface area contributed by atoms with Crippen LogP contribution >= 0.6 is 11.3 Å². The maximum atomic E-state index is 12.8. The lowest BCUT2D eigenvalue weighted by Crippen LogP contribution is -2.45. The molecule has 0 spiro atoms. The molecule has 0 N–H and O–H groups in total. The summed E-state index contributed by atoms with van der Waals surface area (Å²) in [5.41, 5.74) is 3.38. The number of rotatable bonds is 6. The summed E-state index contributed by atoms with van der Waals surface area (Å²) in [4.78, 5) is 21.1. The van der Waals surface area contributed by atoms with Crippen LogP contribution in [0.5, 0.6) is 5.75 Å². The van der Waals surface area contributed by atoms with Crippen molar-refractivity contribution < 1.29 is 9.53 Å². The van der Waals surface area contributed by atoms with Crippen LogP contribution in [0.4, 0.5) is 5.82 Å². The van der Waals surface area contributed by atoms with E-state index in [4.69, 9.17) is 4.74 Å². The molecule has 0 radical (unpaired) electrons. The minimum absolute atomic E-state index is 0.0663. The van der Waals surface area contributed by atoms with Crippen molar-refractivity contribution in [2.75, 3.05) is 25.0 Å². The predicted molar refractivity (Wildman–Crippen MR) is 112 cm³/mol. The second-order valence-electron chi connectivity index (χ2n) is 7.01. The molecule has 150 valence electrons. The molecule has 0 unspecified atom stereocenters. The summed E-state index contributed by atoms with van der Waals surface area (Å²) < 4.78 is 5.72. The Kier molecular flexibility index (Phi) is 6.00. The van der Waals surface area contributed by atoms with Gasteiger partial charge in [0.25, 0.3) is 5.91 Å². The van der Waals surface area contributed by atoms with Crippen molar-refractivity contribution in [2.45, 2.75) is 25.5 Å². The summed E-state index contributed by atoms with van der Waals surface area (Å²) >= 11 is 1.55. The Morgan fingerprint density at radius 2 is 2.03 bits per heavy atom. The third-order valence-corrected chi connectivity index (χ3v) is 5.83. The molecule has 4 rings (SSSR count). The zero-order valence-corrected chi connectivity index (χ0v) is 17.1. The van der Waals surface area contributed by atoms with Gasteiger partial charge >= 0.3 is 0 Å². The fourth-order valence-electron chi connectivity index (χ4n) is 3.47. The number of carbonyl (C=O) groups excluding carboxylic acids is 1. The van der Waals surface area contributed by atoms with E-state index >= 15 is 0 Å². The largest absolute Gasteiger partial charge is 0.487 e. The number of aromatic nitrogens is 3. The predicted octanol–water partition coefficient (Wildman–Crippen LogP) is 3.25. The van der Waals surface area contributed by atoms with Crippen LogP contribution in [0.15, 0.2) is 53.5 Å². The van der Waals surface area contributed by atoms with E-state index < -0.39 is 0 Å². The van der Waals surface area contributed by atoms with Crippen LogP contribution in [-0.2, 0) is 6.61 Å². The van der Waals surface area contributed by atoms with E-state index in [1.807, 2.05) is 53.7 Å². The molecule has 8 heteroatoms. The van der Waals surface area contributed by atoms with E-state index in [-0.39, 0.29) is 5.91 Å². The van der Waals surface area contributed by atoms with E-state index in [1.54, 1.807) is 23.0 Å². The summed E-state index contributed by atoms with van der Waals surface area (Å²) in [5, 5.41) is 10.1. The fraction of sp³-hybridized carbons (Fsp3) is 0.333. The number of amides is 1. The van der Waals surface area contributed by atoms with Gasteiger partial charge < -0.3 is 14.5 Å². The normalized spacial score (nSPS) is 14.6. The van der Waals surface area contributed by atoms with Gasteiger partial charge in [0.15, 0.2) is 5.82 Å². The zero-order chi connectivity index (χ0) is 20.1. The number of hydrogen-bond donors (Lipinski definition) is 0. The van der Waals surface area contributed by atoms with Crippen LogP contribution in [0.25, 0.3) is 0 Å². The summed E-state index contributed by atoms with van der Waals surface area (Å²) in [7, 11) is 2.04. The van der Waals surface area contributed by atoms with Crippen molar-refractivity contribution in [3.8, 4) is 5.75 Å². The lowest BCUT2D eigenvalue weighted by Gasteiger charge is -2.37. The first kappa shape index (κ1) is 19.3. The number of thiazole rings is 1. The van der Waals surface area contributed by atoms with Crippen molar-refractivity contribution in [1.29, 1.82) is 0 Å². The molecular formula is C21H23N5O2S. The Labute approximate surface area is 174 Å². The van der Waals surface area contributed by atoms with Gasteiger partial charge in [0.2, 0.25) is 0 Å². The van der Waals surface area contributed by atoms with Gasteiger partial charge in [-0.15, -0.1) is 16.4 Å². The molecule has 0 aliphatic carbocycles. The SMILES string of the molecule is CN(c1cccnn1)C1CCN(C(=O)c2ccc(OCc3cscn3)cc2)CC1. The van der Waals surface area contributed by atoms with E-state index in [1.165, 1.54) is 0 Å². The van der Waals surface area contributed by atoms with Crippen LogP contribution in [-0.4, -0.2) is 52.2 Å². The molecule has 0 saturated carbocycles. The molecule has 29 heavy (non-hydrogen) atoms. The highest BCUT2D eigenvalue weighted by Gasteiger charge is 2.26. The molecule has 1 saturated heterocycles. The van der Waals surface area contributed by atoms with Crippen LogP contribution in [0.2, 0.25) is 0 Å². The van der Waals surface area contributed by atoms with Gasteiger partial charge in [-0.25, -0.2) is 4.98 Å². The fourth-order valence-corrected chi connectivity index (χ4v) is 4.01. The first-order chi connectivity index (χ1) is 14.2. The molecule has 1 aliphatic heterocycles. The average Bonchev–Trinajstić information content (AvgIpc) is 3.31. The number of hydrogen-bond acceptors (Lipinski definition) is 7. The van der Waals surface area contributed by atoms with E-state index in [0.29, 0.717) is 18.2 Å². The average molecular weight is 410 g/mol. The number of anilines is 1. The Balaban J connectivity index is 1.30. The number of piperidine rings is 1. The molecule has 1 fully saturated rings. The summed E-state index contributed by atoms with van der Waals surface area (Å²) in [6, 6.07) is 11.6. The minimum Gasteiger partial charge on any atom is -0.487 e. The molecule has 3 aromatic rings. The van der Waals surface area contributed by atoms with Crippen LogP contribution < -0.4 is 9.64 Å². The highest BCUT2D eigenvalue weighted by Crippen LogP contribution is 2.22. The van der Waals surface area contributed by atoms with Crippen molar-refractivity contribution >= 4 is 23.1 Å². The third-order valence-electron chi connectivity index (χ3n) is 5.19. The second kappa shape index (κ2) is 9.00. The van der Waals surface area contributed by atoms with Crippen molar-refractivity contribution in [1.82, 2.24) is 20.1 Å². The number of likely N-dealkylation sites (tertiary alicyclic amines) is 1. The zero-order valence-electron chi connectivity index (χ0n) is 16.3. The maximum Gasteiger partial charge on any atom is 0.253 e. The first-order valence-corrected chi connectivity index (χ1v) is 10.5. The van der Waals surface area contributed by atoms with Gasteiger partial charge in [-0.3, -0.25) is 4.79 Å². The van der Waals surface area contributed by atoms with E-state index in [9.17, 15) is 4.79 Å². The first-order valence-electron chi connectivity index (χ1n) is 9.60. The van der Waals surface area contributed by atoms with Gasteiger partial charge in [-0.05, 0) is 49.2 Å². The Morgan fingerprint density at radius 3 is 2.69 bits per heavy atom. The van der Waals surface area contributed by atoms with Gasteiger partial charge in [0, 0.05) is 43.3 Å². The van der Waals surface area contributed by atoms with E-state index in [2.05, 4.69) is 20.1 Å². The summed E-state index contributed by atoms with van der Waals surface area (Å²) in [6.07, 6.45) is 3.50. The number of nitrogens with zero attached hydrogens (tertiary/aromatic N) is 5. The Bertz CT molecular complexity index is 910. The van der Waals surface area contributed by atoms with Gasteiger partial charge in [0.1, 0.15) is 12.4 Å². The number of carbonyl (C=O) groups is 1. The quantitative estimate of drug-likeness (QED) is 0.622. The minimum atomic E-state index is 0.0663. The Morgan fingerprint density at radius 1 is 1.24 bits per heavy atom. The van der Waals surface area contributed by atoms with Crippen molar-refractivity contribution in [3.05, 3.63) is 64.7 Å². The van der Waals surface area contributed by atoms with Gasteiger partial charge in [0.05, 0.1) is 11.2 Å². The highest BCUT2D eigenvalue weighted by atomic mass is 32.1. The maximum absolute atomic E-state index is 12.8. The molecule has 7 nitrogen and oxygen atoms in total. The molecule has 2 aromatic heterocycles. The third kappa shape index (κ3) is 4.71. The molecule has 0 atom stereocenters. The van der Waals surface area contributed by atoms with Crippen LogP contribution in [0, 0.1) is 0 Å². The van der Waals surface area contributed by atoms with Crippen LogP contribution in [0.1, 0.15) is 28.9 Å². The van der Waals surface area contributed by atoms with Crippen LogP contribution in [0.3, 0.4) is 0 Å². The molecule has 1 aromatic carbocycles. The molecule has 1 aliphatic rings. The molecular weight excluding hydrogens is 386 g/mol. The molecule has 1 amide bonds. The number of ether oxygens (including phenoxy) is 1. The topological polar surface area (TPSA) is 71.5 Å². The smallest absolute Gasteiger partial charge is 0.253 e. The van der Waals surface area contributed by atoms with Gasteiger partial charge in [-0.2, -0.15) is 5.10 Å². The van der Waals surface area contributed by atoms with Gasteiger partial charge in [-0.1, -0.05) is 0 Å². The lowest BCUT2D eigenvalue weighted by molar-refractivity contribution is 0.0713. The number of benzene rings is 1. The van der Waals surface area contributed by atoms with Crippen molar-refractivity contribution in [3.63, 3.8) is 0 Å². The van der Waals surface area contributed by atoms with E-state index in [0.717, 1.165) is 43.2 Å². The summed E-state index contributed by atoms with van der Waals surface area (Å²) in [6.45, 7) is 1.90. The monoisotopic (exact) mass is 409 g/mol. The Hall–Kier alpha value is -3.00. The highest BCUT2D eigenvalue weighted by molar-refractivity contribution is 7.07. The second-order valence-corrected chi connectivity index (χ2v) is 7.73. The van der Waals surface area contributed by atoms with Crippen molar-refractivity contribution in [2.24, 2.45) is 0 Å².